The number of furan rings is 1. The number of aryl methyl sites for hydroxylation is 1. The number of anilines is 1. The molecule has 1 saturated heterocycles. The lowest BCUT2D eigenvalue weighted by Gasteiger charge is -2.35. The van der Waals surface area contributed by atoms with Crippen molar-refractivity contribution in [2.24, 2.45) is 5.92 Å². The molecule has 0 saturated carbocycles. The molecule has 140 valence electrons. The third-order valence-electron chi connectivity index (χ3n) is 5.67. The summed E-state index contributed by atoms with van der Waals surface area (Å²) in [6, 6.07) is 3.48. The number of carbonyl (C=O) groups excluding carboxylic acids is 1. The first-order valence-corrected chi connectivity index (χ1v) is 10.4. The van der Waals surface area contributed by atoms with Gasteiger partial charge in [0.15, 0.2) is 5.76 Å². The van der Waals surface area contributed by atoms with Gasteiger partial charge in [0.2, 0.25) is 0 Å². The fourth-order valence-electron chi connectivity index (χ4n) is 4.18. The second kappa shape index (κ2) is 6.64. The molecule has 6 nitrogen and oxygen atoms in total. The van der Waals surface area contributed by atoms with E-state index in [4.69, 9.17) is 4.42 Å². The number of piperazine rings is 1. The highest BCUT2D eigenvalue weighted by Crippen LogP contribution is 2.40. The molecule has 27 heavy (non-hydrogen) atoms. The molecule has 5 rings (SSSR count). The SMILES string of the molecule is C[C@H]1CCc2c(sc3ncnc(N4CCN(C(=O)c5ccco5)CC4)c23)C1. The van der Waals surface area contributed by atoms with Crippen LogP contribution in [0.5, 0.6) is 0 Å². The lowest BCUT2D eigenvalue weighted by molar-refractivity contribution is 0.0714. The molecule has 0 spiro atoms. The summed E-state index contributed by atoms with van der Waals surface area (Å²) < 4.78 is 5.25. The maximum absolute atomic E-state index is 12.5. The van der Waals surface area contributed by atoms with Gasteiger partial charge in [0.25, 0.3) is 5.91 Å². The number of amides is 1. The highest BCUT2D eigenvalue weighted by Gasteiger charge is 2.28. The molecule has 3 aromatic rings. The zero-order chi connectivity index (χ0) is 18.4. The van der Waals surface area contributed by atoms with Gasteiger partial charge in [-0.05, 0) is 42.9 Å². The van der Waals surface area contributed by atoms with Gasteiger partial charge in [-0.25, -0.2) is 9.97 Å². The Hall–Kier alpha value is -2.41. The number of carbonyl (C=O) groups is 1. The van der Waals surface area contributed by atoms with Crippen molar-refractivity contribution in [1.82, 2.24) is 14.9 Å². The molecule has 7 heteroatoms. The van der Waals surface area contributed by atoms with Gasteiger partial charge < -0.3 is 14.2 Å². The third kappa shape index (κ3) is 2.90. The van der Waals surface area contributed by atoms with Crippen LogP contribution in [0.15, 0.2) is 29.1 Å². The number of aromatic nitrogens is 2. The Morgan fingerprint density at radius 1 is 1.26 bits per heavy atom. The smallest absolute Gasteiger partial charge is 0.289 e. The molecule has 4 heterocycles. The van der Waals surface area contributed by atoms with Crippen LogP contribution in [0.4, 0.5) is 5.82 Å². The number of thiophene rings is 1. The van der Waals surface area contributed by atoms with Crippen molar-refractivity contribution in [3.05, 3.63) is 40.9 Å². The van der Waals surface area contributed by atoms with Gasteiger partial charge in [-0.3, -0.25) is 4.79 Å². The summed E-state index contributed by atoms with van der Waals surface area (Å²) >= 11 is 1.83. The summed E-state index contributed by atoms with van der Waals surface area (Å²) in [5.41, 5.74) is 1.46. The first-order valence-electron chi connectivity index (χ1n) is 9.53. The molecule has 0 aromatic carbocycles. The van der Waals surface area contributed by atoms with Crippen LogP contribution in [0.25, 0.3) is 10.2 Å². The van der Waals surface area contributed by atoms with Gasteiger partial charge in [0.1, 0.15) is 17.0 Å². The standard InChI is InChI=1S/C20H22N4O2S/c1-13-4-5-14-16(11-13)27-19-17(14)18(21-12-22-19)23-6-8-24(9-7-23)20(25)15-3-2-10-26-15/h2-3,10,12-13H,4-9,11H2,1H3/t13-/m0/s1. The molecule has 0 radical (unpaired) electrons. The molecule has 0 bridgehead atoms. The lowest BCUT2D eigenvalue weighted by Crippen LogP contribution is -2.49. The van der Waals surface area contributed by atoms with E-state index >= 15 is 0 Å². The zero-order valence-corrected chi connectivity index (χ0v) is 16.2. The van der Waals surface area contributed by atoms with Crippen LogP contribution in [-0.2, 0) is 12.8 Å². The predicted octanol–water partition coefficient (Wildman–Crippen LogP) is 3.37. The Morgan fingerprint density at radius 2 is 2.11 bits per heavy atom. The van der Waals surface area contributed by atoms with E-state index in [0.717, 1.165) is 42.5 Å². The monoisotopic (exact) mass is 382 g/mol. The van der Waals surface area contributed by atoms with E-state index in [1.165, 1.54) is 22.2 Å². The van der Waals surface area contributed by atoms with E-state index in [2.05, 4.69) is 21.8 Å². The maximum Gasteiger partial charge on any atom is 0.289 e. The molecular weight excluding hydrogens is 360 g/mol. The van der Waals surface area contributed by atoms with Gasteiger partial charge in [-0.1, -0.05) is 6.92 Å². The molecule has 1 atom stereocenters. The molecule has 3 aromatic heterocycles. The summed E-state index contributed by atoms with van der Waals surface area (Å²) in [5, 5.41) is 1.25. The molecule has 1 aliphatic carbocycles. The zero-order valence-electron chi connectivity index (χ0n) is 15.4. The Bertz CT molecular complexity index is 973. The summed E-state index contributed by atoms with van der Waals surface area (Å²) in [4.78, 5) is 28.4. The lowest BCUT2D eigenvalue weighted by atomic mass is 9.89. The number of hydrogen-bond donors (Lipinski definition) is 0. The summed E-state index contributed by atoms with van der Waals surface area (Å²) in [6.45, 7) is 5.23. The second-order valence-electron chi connectivity index (χ2n) is 7.49. The average Bonchev–Trinajstić information content (AvgIpc) is 3.34. The van der Waals surface area contributed by atoms with Crippen LogP contribution in [0.2, 0.25) is 0 Å². The fourth-order valence-corrected chi connectivity index (χ4v) is 5.52. The van der Waals surface area contributed by atoms with Gasteiger partial charge >= 0.3 is 0 Å². The van der Waals surface area contributed by atoms with Gasteiger partial charge in [0, 0.05) is 31.1 Å². The predicted molar refractivity (Wildman–Crippen MR) is 105 cm³/mol. The molecule has 0 unspecified atom stereocenters. The summed E-state index contributed by atoms with van der Waals surface area (Å²) in [7, 11) is 0. The topological polar surface area (TPSA) is 62.5 Å². The Balaban J connectivity index is 1.40. The molecule has 1 fully saturated rings. The Kier molecular flexibility index (Phi) is 4.11. The molecule has 0 N–H and O–H groups in total. The van der Waals surface area contributed by atoms with Crippen LogP contribution in [0.3, 0.4) is 0 Å². The molecule has 1 aliphatic heterocycles. The first-order chi connectivity index (χ1) is 13.2. The first kappa shape index (κ1) is 16.7. The quantitative estimate of drug-likeness (QED) is 0.680. The van der Waals surface area contributed by atoms with Crippen LogP contribution in [0, 0.1) is 5.92 Å². The van der Waals surface area contributed by atoms with E-state index in [1.54, 1.807) is 24.7 Å². The van der Waals surface area contributed by atoms with E-state index < -0.39 is 0 Å². The van der Waals surface area contributed by atoms with E-state index in [-0.39, 0.29) is 5.91 Å². The van der Waals surface area contributed by atoms with Crippen molar-refractivity contribution in [1.29, 1.82) is 0 Å². The van der Waals surface area contributed by atoms with Crippen molar-refractivity contribution < 1.29 is 9.21 Å². The number of nitrogens with zero attached hydrogens (tertiary/aromatic N) is 4. The van der Waals surface area contributed by atoms with Gasteiger partial charge in [-0.2, -0.15) is 0 Å². The fraction of sp³-hybridized carbons (Fsp3) is 0.450. The van der Waals surface area contributed by atoms with Crippen molar-refractivity contribution in [2.45, 2.75) is 26.2 Å². The van der Waals surface area contributed by atoms with E-state index in [0.29, 0.717) is 18.8 Å². The average molecular weight is 382 g/mol. The third-order valence-corrected chi connectivity index (χ3v) is 6.83. The van der Waals surface area contributed by atoms with Crippen LogP contribution in [0.1, 0.15) is 34.3 Å². The Labute approximate surface area is 161 Å². The molecule has 2 aliphatic rings. The normalized spacial score (nSPS) is 20.1. The number of hydrogen-bond acceptors (Lipinski definition) is 6. The van der Waals surface area contributed by atoms with Crippen LogP contribution >= 0.6 is 11.3 Å². The number of fused-ring (bicyclic) bond motifs is 3. The van der Waals surface area contributed by atoms with Crippen molar-refractivity contribution in [3.63, 3.8) is 0 Å². The van der Waals surface area contributed by atoms with Crippen molar-refractivity contribution in [3.8, 4) is 0 Å². The largest absolute Gasteiger partial charge is 0.459 e. The minimum atomic E-state index is -0.0330. The van der Waals surface area contributed by atoms with Crippen LogP contribution < -0.4 is 4.90 Å². The van der Waals surface area contributed by atoms with Crippen molar-refractivity contribution >= 4 is 33.3 Å². The number of rotatable bonds is 2. The highest BCUT2D eigenvalue weighted by molar-refractivity contribution is 7.19. The van der Waals surface area contributed by atoms with Crippen molar-refractivity contribution in [2.75, 3.05) is 31.1 Å². The van der Waals surface area contributed by atoms with Gasteiger partial charge in [0.05, 0.1) is 11.6 Å². The van der Waals surface area contributed by atoms with Gasteiger partial charge in [-0.15, -0.1) is 11.3 Å². The minimum Gasteiger partial charge on any atom is -0.459 e. The second-order valence-corrected chi connectivity index (χ2v) is 8.57. The van der Waals surface area contributed by atoms with E-state index in [1.807, 2.05) is 16.2 Å². The summed E-state index contributed by atoms with van der Waals surface area (Å²) in [6.07, 6.45) is 6.73. The highest BCUT2D eigenvalue weighted by atomic mass is 32.1. The maximum atomic E-state index is 12.5. The molecular formula is C20H22N4O2S. The van der Waals surface area contributed by atoms with Crippen LogP contribution in [-0.4, -0.2) is 47.0 Å². The summed E-state index contributed by atoms with van der Waals surface area (Å²) in [5.74, 6) is 2.17. The van der Waals surface area contributed by atoms with E-state index in [9.17, 15) is 4.79 Å². The minimum absolute atomic E-state index is 0.0330. The Morgan fingerprint density at radius 3 is 2.89 bits per heavy atom. The molecule has 1 amide bonds.